The third kappa shape index (κ3) is 1.47. The Morgan fingerprint density at radius 2 is 2.46 bits per heavy atom. The summed E-state index contributed by atoms with van der Waals surface area (Å²) < 4.78 is 0. The molecule has 0 radical (unpaired) electrons. The van der Waals surface area contributed by atoms with Crippen LogP contribution in [0.4, 0.5) is 5.82 Å². The summed E-state index contributed by atoms with van der Waals surface area (Å²) in [5.41, 5.74) is 1.04. The molecule has 0 spiro atoms. The van der Waals surface area contributed by atoms with Gasteiger partial charge in [0.15, 0.2) is 0 Å². The van der Waals surface area contributed by atoms with Gasteiger partial charge in [0.25, 0.3) is 0 Å². The van der Waals surface area contributed by atoms with Crippen molar-refractivity contribution in [2.75, 3.05) is 25.5 Å². The molecule has 0 saturated heterocycles. The lowest BCUT2D eigenvalue weighted by atomic mass is 10.2. The number of rotatable bonds is 2. The van der Waals surface area contributed by atoms with Crippen molar-refractivity contribution in [3.63, 3.8) is 0 Å². The van der Waals surface area contributed by atoms with Gasteiger partial charge in [-0.25, -0.2) is 4.98 Å². The maximum Gasteiger partial charge on any atom is 0.136 e. The molecular formula is C9H12N4. The van der Waals surface area contributed by atoms with Gasteiger partial charge in [-0.05, 0) is 12.1 Å². The lowest BCUT2D eigenvalue weighted by Gasteiger charge is -2.07. The van der Waals surface area contributed by atoms with Gasteiger partial charge in [0, 0.05) is 19.8 Å². The molecule has 2 rings (SSSR count). The summed E-state index contributed by atoms with van der Waals surface area (Å²) in [5.74, 6) is 1.81. The minimum absolute atomic E-state index is 0.855. The predicted molar refractivity (Wildman–Crippen MR) is 53.2 cm³/mol. The third-order valence-electron chi connectivity index (χ3n) is 1.97. The SMILES string of the molecule is CNc1ncccc1C1=NCCN1. The molecule has 2 heterocycles. The van der Waals surface area contributed by atoms with E-state index >= 15 is 0 Å². The normalized spacial score (nSPS) is 15.0. The molecule has 0 amide bonds. The van der Waals surface area contributed by atoms with E-state index in [4.69, 9.17) is 0 Å². The first kappa shape index (κ1) is 8.04. The highest BCUT2D eigenvalue weighted by molar-refractivity contribution is 6.03. The van der Waals surface area contributed by atoms with E-state index in [0.717, 1.165) is 30.3 Å². The van der Waals surface area contributed by atoms with Crippen LogP contribution in [0.2, 0.25) is 0 Å². The van der Waals surface area contributed by atoms with Crippen molar-refractivity contribution < 1.29 is 0 Å². The van der Waals surface area contributed by atoms with Gasteiger partial charge >= 0.3 is 0 Å². The molecule has 68 valence electrons. The largest absolute Gasteiger partial charge is 0.373 e. The smallest absolute Gasteiger partial charge is 0.136 e. The Hall–Kier alpha value is -1.58. The highest BCUT2D eigenvalue weighted by atomic mass is 15.1. The van der Waals surface area contributed by atoms with Gasteiger partial charge < -0.3 is 10.6 Å². The van der Waals surface area contributed by atoms with Gasteiger partial charge in [-0.1, -0.05) is 0 Å². The quantitative estimate of drug-likeness (QED) is 0.688. The predicted octanol–water partition coefficient (Wildman–Crippen LogP) is 0.473. The third-order valence-corrected chi connectivity index (χ3v) is 1.97. The number of aromatic nitrogens is 1. The number of hydrogen-bond acceptors (Lipinski definition) is 4. The van der Waals surface area contributed by atoms with Gasteiger partial charge in [0.05, 0.1) is 12.1 Å². The molecule has 1 aliphatic heterocycles. The van der Waals surface area contributed by atoms with Crippen LogP contribution in [-0.4, -0.2) is 31.0 Å². The zero-order valence-corrected chi connectivity index (χ0v) is 7.54. The van der Waals surface area contributed by atoms with Crippen molar-refractivity contribution in [3.05, 3.63) is 23.9 Å². The first-order valence-electron chi connectivity index (χ1n) is 4.33. The molecule has 0 aromatic carbocycles. The minimum Gasteiger partial charge on any atom is -0.373 e. The summed E-state index contributed by atoms with van der Waals surface area (Å²) in [6.07, 6.45) is 1.77. The van der Waals surface area contributed by atoms with E-state index in [9.17, 15) is 0 Å². The molecule has 0 unspecified atom stereocenters. The van der Waals surface area contributed by atoms with Crippen LogP contribution in [0.3, 0.4) is 0 Å². The number of nitrogens with zero attached hydrogens (tertiary/aromatic N) is 2. The van der Waals surface area contributed by atoms with Crippen molar-refractivity contribution >= 4 is 11.7 Å². The van der Waals surface area contributed by atoms with Gasteiger partial charge in [-0.15, -0.1) is 0 Å². The molecule has 2 N–H and O–H groups in total. The number of pyridine rings is 1. The van der Waals surface area contributed by atoms with E-state index in [1.807, 2.05) is 19.2 Å². The second kappa shape index (κ2) is 3.43. The number of nitrogens with one attached hydrogen (secondary N) is 2. The number of aliphatic imine (C=N–C) groups is 1. The Labute approximate surface area is 77.1 Å². The molecule has 1 aromatic rings. The molecule has 1 aliphatic rings. The molecular weight excluding hydrogens is 164 g/mol. The van der Waals surface area contributed by atoms with Crippen LogP contribution < -0.4 is 10.6 Å². The summed E-state index contributed by atoms with van der Waals surface area (Å²) in [6.45, 7) is 1.78. The first-order chi connectivity index (χ1) is 6.42. The maximum absolute atomic E-state index is 4.34. The molecule has 4 heteroatoms. The van der Waals surface area contributed by atoms with E-state index in [0.29, 0.717) is 0 Å². The van der Waals surface area contributed by atoms with E-state index in [1.54, 1.807) is 6.20 Å². The maximum atomic E-state index is 4.34. The molecule has 4 nitrogen and oxygen atoms in total. The fourth-order valence-electron chi connectivity index (χ4n) is 1.37. The van der Waals surface area contributed by atoms with Crippen LogP contribution >= 0.6 is 0 Å². The Morgan fingerprint density at radius 1 is 1.54 bits per heavy atom. The van der Waals surface area contributed by atoms with Crippen LogP contribution in [0.5, 0.6) is 0 Å². The van der Waals surface area contributed by atoms with Crippen LogP contribution in [0.15, 0.2) is 23.3 Å². The van der Waals surface area contributed by atoms with Crippen LogP contribution in [0.1, 0.15) is 5.56 Å². The summed E-state index contributed by atoms with van der Waals surface area (Å²) in [4.78, 5) is 8.55. The average molecular weight is 176 g/mol. The number of hydrogen-bond donors (Lipinski definition) is 2. The average Bonchev–Trinajstić information content (AvgIpc) is 2.70. The van der Waals surface area contributed by atoms with Crippen LogP contribution in [-0.2, 0) is 0 Å². The fraction of sp³-hybridized carbons (Fsp3) is 0.333. The zero-order chi connectivity index (χ0) is 9.10. The summed E-state index contributed by atoms with van der Waals surface area (Å²) in [6, 6.07) is 3.93. The summed E-state index contributed by atoms with van der Waals surface area (Å²) >= 11 is 0. The standard InChI is InChI=1S/C9H12N4/c1-10-8-7(3-2-4-11-8)9-12-5-6-13-9/h2-4H,5-6H2,1H3,(H,10,11)(H,12,13). The van der Waals surface area contributed by atoms with E-state index in [1.165, 1.54) is 0 Å². The van der Waals surface area contributed by atoms with Gasteiger partial charge in [0.2, 0.25) is 0 Å². The monoisotopic (exact) mass is 176 g/mol. The lowest BCUT2D eigenvalue weighted by molar-refractivity contribution is 0.960. The lowest BCUT2D eigenvalue weighted by Crippen LogP contribution is -2.20. The van der Waals surface area contributed by atoms with Crippen molar-refractivity contribution in [3.8, 4) is 0 Å². The minimum atomic E-state index is 0.855. The highest BCUT2D eigenvalue weighted by Crippen LogP contribution is 2.11. The second-order valence-electron chi connectivity index (χ2n) is 2.81. The second-order valence-corrected chi connectivity index (χ2v) is 2.81. The zero-order valence-electron chi connectivity index (χ0n) is 7.54. The molecule has 1 aromatic heterocycles. The molecule has 0 bridgehead atoms. The van der Waals surface area contributed by atoms with E-state index in [2.05, 4.69) is 20.6 Å². The van der Waals surface area contributed by atoms with Gasteiger partial charge in [0.1, 0.15) is 11.7 Å². The van der Waals surface area contributed by atoms with Crippen molar-refractivity contribution in [1.82, 2.24) is 10.3 Å². The molecule has 0 aliphatic carbocycles. The van der Waals surface area contributed by atoms with Crippen molar-refractivity contribution in [1.29, 1.82) is 0 Å². The van der Waals surface area contributed by atoms with E-state index < -0.39 is 0 Å². The first-order valence-corrected chi connectivity index (χ1v) is 4.33. The molecule has 0 atom stereocenters. The number of anilines is 1. The summed E-state index contributed by atoms with van der Waals surface area (Å²) in [7, 11) is 1.86. The van der Waals surface area contributed by atoms with Crippen molar-refractivity contribution in [2.24, 2.45) is 4.99 Å². The Bertz CT molecular complexity index is 332. The Morgan fingerprint density at radius 3 is 3.15 bits per heavy atom. The highest BCUT2D eigenvalue weighted by Gasteiger charge is 2.11. The number of amidine groups is 1. The molecule has 0 fully saturated rings. The van der Waals surface area contributed by atoms with Gasteiger partial charge in [-0.3, -0.25) is 4.99 Å². The van der Waals surface area contributed by atoms with Gasteiger partial charge in [-0.2, -0.15) is 0 Å². The topological polar surface area (TPSA) is 49.3 Å². The fourth-order valence-corrected chi connectivity index (χ4v) is 1.37. The van der Waals surface area contributed by atoms with Crippen LogP contribution in [0.25, 0.3) is 0 Å². The molecule has 13 heavy (non-hydrogen) atoms. The van der Waals surface area contributed by atoms with Crippen LogP contribution in [0, 0.1) is 0 Å². The van der Waals surface area contributed by atoms with Crippen molar-refractivity contribution in [2.45, 2.75) is 0 Å². The van der Waals surface area contributed by atoms with E-state index in [-0.39, 0.29) is 0 Å². The Kier molecular flexibility index (Phi) is 2.12. The molecule has 0 saturated carbocycles. The summed E-state index contributed by atoms with van der Waals surface area (Å²) in [5, 5.41) is 6.26. The Balaban J connectivity index is 2.38.